The molecule has 5 heteroatoms. The molecular formula is C13H16N2O3. The number of carbonyl (C=O) groups is 2. The first-order valence-corrected chi connectivity index (χ1v) is 5.79. The first-order chi connectivity index (χ1) is 8.38. The summed E-state index contributed by atoms with van der Waals surface area (Å²) in [6, 6.07) is 6.02. The molecule has 18 heavy (non-hydrogen) atoms. The smallest absolute Gasteiger partial charge is 0.245 e. The van der Waals surface area contributed by atoms with E-state index in [4.69, 9.17) is 0 Å². The Labute approximate surface area is 105 Å². The third-order valence-corrected chi connectivity index (χ3v) is 3.00. The quantitative estimate of drug-likeness (QED) is 0.705. The summed E-state index contributed by atoms with van der Waals surface area (Å²) in [5.41, 5.74) is 0.0238. The number of piperazine rings is 1. The fourth-order valence-corrected chi connectivity index (χ4v) is 1.87. The van der Waals surface area contributed by atoms with Crippen molar-refractivity contribution in [3.05, 3.63) is 29.8 Å². The maximum absolute atomic E-state index is 11.9. The maximum Gasteiger partial charge on any atom is 0.245 e. The molecule has 0 saturated carbocycles. The predicted molar refractivity (Wildman–Crippen MR) is 66.0 cm³/mol. The number of benzene rings is 1. The molecule has 0 spiro atoms. The molecule has 1 unspecified atom stereocenters. The average Bonchev–Trinajstić information content (AvgIpc) is 2.28. The van der Waals surface area contributed by atoms with Crippen LogP contribution in [0, 0.1) is 0 Å². The summed E-state index contributed by atoms with van der Waals surface area (Å²) in [6.07, 6.45) is 0.411. The first kappa shape index (κ1) is 12.4. The second kappa shape index (κ2) is 4.33. The van der Waals surface area contributed by atoms with E-state index in [1.54, 1.807) is 38.1 Å². The van der Waals surface area contributed by atoms with Gasteiger partial charge in [-0.3, -0.25) is 9.59 Å². The number of phenolic OH excluding ortho intramolecular Hbond substituents is 1. The summed E-state index contributed by atoms with van der Waals surface area (Å²) < 4.78 is 0. The van der Waals surface area contributed by atoms with E-state index < -0.39 is 11.6 Å². The van der Waals surface area contributed by atoms with Gasteiger partial charge >= 0.3 is 0 Å². The third-order valence-electron chi connectivity index (χ3n) is 3.00. The number of rotatable bonds is 2. The van der Waals surface area contributed by atoms with Crippen molar-refractivity contribution in [1.82, 2.24) is 10.6 Å². The number of amides is 2. The normalized spacial score (nSPS) is 22.2. The zero-order valence-electron chi connectivity index (χ0n) is 10.4. The number of hydrogen-bond acceptors (Lipinski definition) is 3. The van der Waals surface area contributed by atoms with E-state index in [9.17, 15) is 14.7 Å². The highest BCUT2D eigenvalue weighted by atomic mass is 16.3. The molecule has 1 aliphatic rings. The Balaban J connectivity index is 2.09. The minimum Gasteiger partial charge on any atom is -0.508 e. The second-order valence-corrected chi connectivity index (χ2v) is 5.01. The summed E-state index contributed by atoms with van der Waals surface area (Å²) >= 11 is 0. The van der Waals surface area contributed by atoms with Crippen LogP contribution >= 0.6 is 0 Å². The Morgan fingerprint density at radius 1 is 1.22 bits per heavy atom. The van der Waals surface area contributed by atoms with Crippen LogP contribution in [0.3, 0.4) is 0 Å². The molecule has 5 nitrogen and oxygen atoms in total. The highest BCUT2D eigenvalue weighted by Crippen LogP contribution is 2.14. The molecule has 1 aromatic rings. The second-order valence-electron chi connectivity index (χ2n) is 5.01. The van der Waals surface area contributed by atoms with E-state index in [2.05, 4.69) is 10.6 Å². The number of aromatic hydroxyl groups is 1. The van der Waals surface area contributed by atoms with Crippen LogP contribution in [0.15, 0.2) is 24.3 Å². The summed E-state index contributed by atoms with van der Waals surface area (Å²) in [5, 5.41) is 14.6. The average molecular weight is 248 g/mol. The van der Waals surface area contributed by atoms with Gasteiger partial charge in [0.1, 0.15) is 17.3 Å². The Kier molecular flexibility index (Phi) is 2.98. The van der Waals surface area contributed by atoms with Crippen molar-refractivity contribution in [3.8, 4) is 5.75 Å². The zero-order chi connectivity index (χ0) is 13.3. The minimum atomic E-state index is -0.859. The molecule has 1 aliphatic heterocycles. The fourth-order valence-electron chi connectivity index (χ4n) is 1.87. The van der Waals surface area contributed by atoms with Gasteiger partial charge in [-0.15, -0.1) is 0 Å². The summed E-state index contributed by atoms with van der Waals surface area (Å²) in [4.78, 5) is 23.6. The Morgan fingerprint density at radius 2 is 1.83 bits per heavy atom. The highest BCUT2D eigenvalue weighted by Gasteiger charge is 2.39. The SMILES string of the molecule is CC1(C)NC(=O)C(Cc2ccc(O)cc2)NC1=O. The lowest BCUT2D eigenvalue weighted by Gasteiger charge is -2.34. The zero-order valence-corrected chi connectivity index (χ0v) is 10.4. The van der Waals surface area contributed by atoms with Crippen LogP contribution in [0.4, 0.5) is 0 Å². The predicted octanol–water partition coefficient (Wildman–Crippen LogP) is 0.328. The topological polar surface area (TPSA) is 78.4 Å². The van der Waals surface area contributed by atoms with Gasteiger partial charge in [0, 0.05) is 6.42 Å². The van der Waals surface area contributed by atoms with Crippen molar-refractivity contribution in [2.45, 2.75) is 31.8 Å². The molecule has 96 valence electrons. The van der Waals surface area contributed by atoms with E-state index in [1.165, 1.54) is 0 Å². The maximum atomic E-state index is 11.9. The van der Waals surface area contributed by atoms with Crippen LogP contribution in [0.5, 0.6) is 5.75 Å². The summed E-state index contributed by atoms with van der Waals surface area (Å²) in [7, 11) is 0. The van der Waals surface area contributed by atoms with Gasteiger partial charge in [-0.05, 0) is 31.5 Å². The monoisotopic (exact) mass is 248 g/mol. The molecule has 1 saturated heterocycles. The van der Waals surface area contributed by atoms with E-state index in [-0.39, 0.29) is 17.6 Å². The molecular weight excluding hydrogens is 232 g/mol. The van der Waals surface area contributed by atoms with Crippen molar-refractivity contribution < 1.29 is 14.7 Å². The van der Waals surface area contributed by atoms with Gasteiger partial charge in [0.2, 0.25) is 11.8 Å². The molecule has 3 N–H and O–H groups in total. The van der Waals surface area contributed by atoms with Crippen LogP contribution in [0.25, 0.3) is 0 Å². The van der Waals surface area contributed by atoms with Gasteiger partial charge in [-0.25, -0.2) is 0 Å². The van der Waals surface area contributed by atoms with Crippen LogP contribution in [0.2, 0.25) is 0 Å². The number of phenols is 1. The van der Waals surface area contributed by atoms with Gasteiger partial charge in [-0.1, -0.05) is 12.1 Å². The molecule has 0 bridgehead atoms. The van der Waals surface area contributed by atoms with Crippen molar-refractivity contribution in [3.63, 3.8) is 0 Å². The lowest BCUT2D eigenvalue weighted by Crippen LogP contribution is -2.67. The van der Waals surface area contributed by atoms with Crippen molar-refractivity contribution in [2.24, 2.45) is 0 Å². The lowest BCUT2D eigenvalue weighted by atomic mass is 9.96. The van der Waals surface area contributed by atoms with E-state index in [1.807, 2.05) is 0 Å². The molecule has 1 fully saturated rings. The van der Waals surface area contributed by atoms with E-state index in [0.717, 1.165) is 5.56 Å². The number of nitrogens with one attached hydrogen (secondary N) is 2. The van der Waals surface area contributed by atoms with Crippen LogP contribution in [0.1, 0.15) is 19.4 Å². The van der Waals surface area contributed by atoms with Gasteiger partial charge in [0.25, 0.3) is 0 Å². The summed E-state index contributed by atoms with van der Waals surface area (Å²) in [6.45, 7) is 3.33. The largest absolute Gasteiger partial charge is 0.508 e. The van der Waals surface area contributed by atoms with Crippen molar-refractivity contribution in [2.75, 3.05) is 0 Å². The van der Waals surface area contributed by atoms with Gasteiger partial charge in [0.15, 0.2) is 0 Å². The molecule has 0 aliphatic carbocycles. The van der Waals surface area contributed by atoms with E-state index in [0.29, 0.717) is 6.42 Å². The molecule has 2 rings (SSSR count). The third kappa shape index (κ3) is 2.45. The highest BCUT2D eigenvalue weighted by molar-refractivity contribution is 5.99. The number of carbonyl (C=O) groups excluding carboxylic acids is 2. The molecule has 1 heterocycles. The van der Waals surface area contributed by atoms with Crippen LogP contribution in [-0.4, -0.2) is 28.5 Å². The van der Waals surface area contributed by atoms with Crippen LogP contribution in [-0.2, 0) is 16.0 Å². The van der Waals surface area contributed by atoms with Crippen molar-refractivity contribution in [1.29, 1.82) is 0 Å². The Hall–Kier alpha value is -2.04. The number of hydrogen-bond donors (Lipinski definition) is 3. The van der Waals surface area contributed by atoms with Crippen LogP contribution < -0.4 is 10.6 Å². The van der Waals surface area contributed by atoms with Gasteiger partial charge in [0.05, 0.1) is 0 Å². The summed E-state index contributed by atoms with van der Waals surface area (Å²) in [5.74, 6) is -0.199. The van der Waals surface area contributed by atoms with E-state index >= 15 is 0 Å². The molecule has 1 atom stereocenters. The Bertz CT molecular complexity index is 480. The van der Waals surface area contributed by atoms with Gasteiger partial charge < -0.3 is 15.7 Å². The van der Waals surface area contributed by atoms with Crippen molar-refractivity contribution >= 4 is 11.8 Å². The fraction of sp³-hybridized carbons (Fsp3) is 0.385. The molecule has 0 aromatic heterocycles. The standard InChI is InChI=1S/C13H16N2O3/c1-13(2)12(18)14-10(11(17)15-13)7-8-3-5-9(16)6-4-8/h3-6,10,16H,7H2,1-2H3,(H,14,18)(H,15,17). The first-order valence-electron chi connectivity index (χ1n) is 5.79. The lowest BCUT2D eigenvalue weighted by molar-refractivity contribution is -0.140. The molecule has 0 radical (unpaired) electrons. The molecule has 2 amide bonds. The Morgan fingerprint density at radius 3 is 2.44 bits per heavy atom. The molecule has 1 aromatic carbocycles. The van der Waals surface area contributed by atoms with Gasteiger partial charge in [-0.2, -0.15) is 0 Å². The minimum absolute atomic E-state index is 0.178.